The van der Waals surface area contributed by atoms with Gasteiger partial charge in [-0.05, 0) is 99.7 Å². The van der Waals surface area contributed by atoms with Crippen molar-refractivity contribution in [2.45, 2.75) is 84.2 Å². The van der Waals surface area contributed by atoms with Crippen LogP contribution in [0.1, 0.15) is 78.1 Å². The Balaban J connectivity index is 1.67. The summed E-state index contributed by atoms with van der Waals surface area (Å²) in [6.45, 7) is 9.20. The number of allylic oxidation sites excluding steroid dienone is 2. The fourth-order valence-electron chi connectivity index (χ4n) is 6.87. The Bertz CT molecular complexity index is 522. The molecule has 1 heteroatoms. The molecule has 0 aromatic carbocycles. The first-order chi connectivity index (χ1) is 10.9. The average Bonchev–Trinajstić information content (AvgIpc) is 2.50. The normalized spacial score (nSPS) is 49.4. The van der Waals surface area contributed by atoms with E-state index in [1.54, 1.807) is 5.57 Å². The number of rotatable bonds is 1. The third kappa shape index (κ3) is 2.37. The molecule has 1 nitrogen and oxygen atoms in total. The molecule has 2 bridgehead atoms. The Morgan fingerprint density at radius 3 is 2.52 bits per heavy atom. The number of aliphatic hydroxyl groups excluding tert-OH is 1. The fourth-order valence-corrected chi connectivity index (χ4v) is 6.87. The van der Waals surface area contributed by atoms with Crippen molar-refractivity contribution in [2.75, 3.05) is 0 Å². The summed E-state index contributed by atoms with van der Waals surface area (Å²) in [7, 11) is 0. The second kappa shape index (κ2) is 5.48. The zero-order chi connectivity index (χ0) is 16.2. The van der Waals surface area contributed by atoms with Gasteiger partial charge in [-0.1, -0.05) is 30.7 Å². The van der Waals surface area contributed by atoms with Crippen molar-refractivity contribution < 1.29 is 5.11 Å². The molecule has 0 radical (unpaired) electrons. The second-order valence-electron chi connectivity index (χ2n) is 9.49. The first-order valence-corrected chi connectivity index (χ1v) is 9.98. The topological polar surface area (TPSA) is 20.2 Å². The Morgan fingerprint density at radius 1 is 1.13 bits per heavy atom. The molecule has 4 unspecified atom stereocenters. The molecule has 0 aromatic rings. The molecular weight excluding hydrogens is 280 g/mol. The van der Waals surface area contributed by atoms with E-state index in [0.29, 0.717) is 10.8 Å². The molecule has 1 N–H and O–H groups in total. The summed E-state index contributed by atoms with van der Waals surface area (Å²) in [6.07, 6.45) is 15.3. The van der Waals surface area contributed by atoms with Gasteiger partial charge in [0.15, 0.2) is 0 Å². The standard InChI is InChI=1S/C22H34O/c1-15(2)22-11-6-16(7-12-22)19-5-4-17-14-18(23)8-10-21(17,3)20(19)9-13-22/h4,16,18-20,23H,1,5-14H2,2-3H3. The van der Waals surface area contributed by atoms with Crippen LogP contribution in [0.2, 0.25) is 0 Å². The van der Waals surface area contributed by atoms with Crippen molar-refractivity contribution >= 4 is 0 Å². The molecule has 0 aromatic heterocycles. The maximum absolute atomic E-state index is 10.1. The van der Waals surface area contributed by atoms with Gasteiger partial charge < -0.3 is 5.11 Å². The van der Waals surface area contributed by atoms with Crippen LogP contribution in [0, 0.1) is 28.6 Å². The van der Waals surface area contributed by atoms with Gasteiger partial charge in [0.1, 0.15) is 0 Å². The Kier molecular flexibility index (Phi) is 3.80. The van der Waals surface area contributed by atoms with Gasteiger partial charge >= 0.3 is 0 Å². The van der Waals surface area contributed by atoms with Gasteiger partial charge in [0.05, 0.1) is 6.10 Å². The molecule has 0 amide bonds. The lowest BCUT2D eigenvalue weighted by Crippen LogP contribution is -2.47. The lowest BCUT2D eigenvalue weighted by molar-refractivity contribution is -0.0150. The lowest BCUT2D eigenvalue weighted by Gasteiger charge is -2.56. The molecule has 0 aliphatic heterocycles. The fraction of sp³-hybridized carbons (Fsp3) is 0.818. The maximum Gasteiger partial charge on any atom is 0.0577 e. The highest BCUT2D eigenvalue weighted by molar-refractivity contribution is 5.24. The minimum atomic E-state index is -0.0855. The van der Waals surface area contributed by atoms with Crippen molar-refractivity contribution in [2.24, 2.45) is 28.6 Å². The van der Waals surface area contributed by atoms with Gasteiger partial charge in [-0.2, -0.15) is 0 Å². The van der Waals surface area contributed by atoms with E-state index >= 15 is 0 Å². The Labute approximate surface area is 142 Å². The third-order valence-electron chi connectivity index (χ3n) is 8.59. The van der Waals surface area contributed by atoms with Gasteiger partial charge in [0.25, 0.3) is 0 Å². The molecule has 0 saturated heterocycles. The Morgan fingerprint density at radius 2 is 1.83 bits per heavy atom. The minimum absolute atomic E-state index is 0.0855. The molecule has 4 atom stereocenters. The predicted octanol–water partition coefficient (Wildman–Crippen LogP) is 5.65. The third-order valence-corrected chi connectivity index (χ3v) is 8.59. The van der Waals surface area contributed by atoms with E-state index in [4.69, 9.17) is 0 Å². The van der Waals surface area contributed by atoms with Crippen LogP contribution in [-0.4, -0.2) is 11.2 Å². The van der Waals surface area contributed by atoms with E-state index in [-0.39, 0.29) is 6.10 Å². The zero-order valence-corrected chi connectivity index (χ0v) is 15.1. The molecule has 5 rings (SSSR count). The maximum atomic E-state index is 10.1. The van der Waals surface area contributed by atoms with E-state index in [1.165, 1.54) is 56.9 Å². The molecule has 4 fully saturated rings. The van der Waals surface area contributed by atoms with Crippen LogP contribution in [-0.2, 0) is 0 Å². The van der Waals surface area contributed by atoms with E-state index < -0.39 is 0 Å². The van der Waals surface area contributed by atoms with E-state index in [0.717, 1.165) is 30.6 Å². The summed E-state index contributed by atoms with van der Waals surface area (Å²) in [5.41, 5.74) is 3.87. The van der Waals surface area contributed by atoms with Crippen molar-refractivity contribution in [3.8, 4) is 0 Å². The lowest BCUT2D eigenvalue weighted by atomic mass is 9.48. The van der Waals surface area contributed by atoms with Crippen LogP contribution in [0.15, 0.2) is 23.8 Å². The van der Waals surface area contributed by atoms with E-state index in [1.807, 2.05) is 0 Å². The SMILES string of the molecule is C=C(C)C12CCC(CC1)C1CC=C3CC(O)CCC3(C)C1CC2. The van der Waals surface area contributed by atoms with E-state index in [9.17, 15) is 5.11 Å². The molecule has 0 spiro atoms. The van der Waals surface area contributed by atoms with Crippen molar-refractivity contribution in [3.63, 3.8) is 0 Å². The summed E-state index contributed by atoms with van der Waals surface area (Å²) in [6, 6.07) is 0. The van der Waals surface area contributed by atoms with Gasteiger partial charge in [-0.25, -0.2) is 0 Å². The van der Waals surface area contributed by atoms with Gasteiger partial charge in [-0.15, -0.1) is 0 Å². The van der Waals surface area contributed by atoms with Crippen molar-refractivity contribution in [1.82, 2.24) is 0 Å². The molecule has 0 heterocycles. The van der Waals surface area contributed by atoms with Crippen LogP contribution < -0.4 is 0 Å². The van der Waals surface area contributed by atoms with Gasteiger partial charge in [-0.3, -0.25) is 0 Å². The number of hydrogen-bond donors (Lipinski definition) is 1. The zero-order valence-electron chi connectivity index (χ0n) is 15.1. The largest absolute Gasteiger partial charge is 0.393 e. The summed E-state index contributed by atoms with van der Waals surface area (Å²) >= 11 is 0. The molecule has 23 heavy (non-hydrogen) atoms. The number of fused-ring (bicyclic) bond motifs is 4. The van der Waals surface area contributed by atoms with E-state index in [2.05, 4.69) is 26.5 Å². The minimum Gasteiger partial charge on any atom is -0.393 e. The molecule has 5 aliphatic carbocycles. The van der Waals surface area contributed by atoms with Crippen molar-refractivity contribution in [3.05, 3.63) is 23.8 Å². The van der Waals surface area contributed by atoms with Crippen LogP contribution >= 0.6 is 0 Å². The van der Waals surface area contributed by atoms with Crippen LogP contribution in [0.5, 0.6) is 0 Å². The van der Waals surface area contributed by atoms with Crippen LogP contribution in [0.4, 0.5) is 0 Å². The summed E-state index contributed by atoms with van der Waals surface area (Å²) in [5.74, 6) is 2.69. The molecule has 128 valence electrons. The van der Waals surface area contributed by atoms with Gasteiger partial charge in [0, 0.05) is 0 Å². The van der Waals surface area contributed by atoms with Crippen molar-refractivity contribution in [1.29, 1.82) is 0 Å². The highest BCUT2D eigenvalue weighted by Gasteiger charge is 2.51. The first-order valence-electron chi connectivity index (χ1n) is 9.98. The quantitative estimate of drug-likeness (QED) is 0.620. The molecular formula is C22H34O. The van der Waals surface area contributed by atoms with Crippen LogP contribution in [0.25, 0.3) is 0 Å². The first kappa shape index (κ1) is 15.9. The average molecular weight is 315 g/mol. The summed E-state index contributed by atoms with van der Waals surface area (Å²) in [4.78, 5) is 0. The highest BCUT2D eigenvalue weighted by Crippen LogP contribution is 2.61. The van der Waals surface area contributed by atoms with Gasteiger partial charge in [0.2, 0.25) is 0 Å². The number of aliphatic hydroxyl groups is 1. The number of hydrogen-bond acceptors (Lipinski definition) is 1. The Hall–Kier alpha value is -0.560. The molecule has 4 saturated carbocycles. The highest BCUT2D eigenvalue weighted by atomic mass is 16.3. The predicted molar refractivity (Wildman–Crippen MR) is 96.1 cm³/mol. The summed E-state index contributed by atoms with van der Waals surface area (Å²) in [5, 5.41) is 10.1. The van der Waals surface area contributed by atoms with Crippen LogP contribution in [0.3, 0.4) is 0 Å². The monoisotopic (exact) mass is 314 g/mol. The summed E-state index contributed by atoms with van der Waals surface area (Å²) < 4.78 is 0. The smallest absolute Gasteiger partial charge is 0.0577 e. The second-order valence-corrected chi connectivity index (χ2v) is 9.49. The molecule has 5 aliphatic rings.